The number of Topliss-reactive ketones (excluding diaryl/α,β-unsaturated/α-hetero) is 1. The average molecular weight is 404 g/mol. The fourth-order valence-electron chi connectivity index (χ4n) is 3.03. The van der Waals surface area contributed by atoms with Gasteiger partial charge in [-0.25, -0.2) is 12.8 Å². The Morgan fingerprint density at radius 1 is 1.14 bits per heavy atom. The van der Waals surface area contributed by atoms with E-state index in [1.165, 1.54) is 12.1 Å². The van der Waals surface area contributed by atoms with Gasteiger partial charge in [0.25, 0.3) is 5.91 Å². The molecule has 1 saturated heterocycles. The van der Waals surface area contributed by atoms with Crippen LogP contribution in [0.3, 0.4) is 0 Å². The van der Waals surface area contributed by atoms with Crippen molar-refractivity contribution in [2.75, 3.05) is 23.7 Å². The number of carbonyl (C=O) groups is 3. The first-order valence-corrected chi connectivity index (χ1v) is 10.2. The Balaban J connectivity index is 1.84. The van der Waals surface area contributed by atoms with E-state index in [2.05, 4.69) is 0 Å². The van der Waals surface area contributed by atoms with Crippen molar-refractivity contribution in [1.29, 1.82) is 0 Å². The lowest BCUT2D eigenvalue weighted by molar-refractivity contribution is -0.146. The van der Waals surface area contributed by atoms with Gasteiger partial charge < -0.3 is 0 Å². The molecule has 1 fully saturated rings. The highest BCUT2D eigenvalue weighted by Crippen LogP contribution is 2.26. The summed E-state index contributed by atoms with van der Waals surface area (Å²) in [6.07, 6.45) is 0.870. The van der Waals surface area contributed by atoms with Crippen molar-refractivity contribution in [3.8, 4) is 0 Å². The van der Waals surface area contributed by atoms with E-state index in [0.29, 0.717) is 9.87 Å². The molecule has 1 heterocycles. The van der Waals surface area contributed by atoms with Gasteiger partial charge in [-0.2, -0.15) is 0 Å². The molecule has 0 spiro atoms. The Kier molecular flexibility index (Phi) is 5.28. The molecule has 3 rings (SSSR count). The van der Waals surface area contributed by atoms with Gasteiger partial charge in [0.05, 0.1) is 17.9 Å². The molecule has 0 N–H and O–H groups in total. The Morgan fingerprint density at radius 3 is 2.43 bits per heavy atom. The number of amides is 2. The summed E-state index contributed by atoms with van der Waals surface area (Å²) in [5.74, 6) is -4.03. The van der Waals surface area contributed by atoms with E-state index >= 15 is 0 Å². The maximum Gasteiger partial charge on any atom is 0.297 e. The van der Waals surface area contributed by atoms with Crippen molar-refractivity contribution < 1.29 is 27.2 Å². The zero-order valence-electron chi connectivity index (χ0n) is 14.9. The van der Waals surface area contributed by atoms with Gasteiger partial charge in [0, 0.05) is 6.54 Å². The number of anilines is 1. The number of likely N-dealkylation sites (tertiary alicyclic amines) is 1. The second-order valence-electron chi connectivity index (χ2n) is 6.39. The summed E-state index contributed by atoms with van der Waals surface area (Å²) in [6.45, 7) is -0.885. The SMILES string of the molecule is CS(=O)(=O)N(CC(=O)N1C[C@H](c2ccccc2)C(=O)C1=O)c1cccc(F)c1. The molecule has 1 atom stereocenters. The summed E-state index contributed by atoms with van der Waals surface area (Å²) in [6, 6.07) is 13.3. The number of halogens is 1. The van der Waals surface area contributed by atoms with Crippen molar-refractivity contribution >= 4 is 33.3 Å². The molecule has 0 saturated carbocycles. The lowest BCUT2D eigenvalue weighted by Gasteiger charge is -2.24. The summed E-state index contributed by atoms with van der Waals surface area (Å²) < 4.78 is 38.4. The lowest BCUT2D eigenvalue weighted by atomic mass is 9.97. The minimum atomic E-state index is -3.93. The summed E-state index contributed by atoms with van der Waals surface area (Å²) in [5, 5.41) is 0. The summed E-state index contributed by atoms with van der Waals surface area (Å²) >= 11 is 0. The molecule has 0 unspecified atom stereocenters. The maximum atomic E-state index is 13.5. The number of benzene rings is 2. The van der Waals surface area contributed by atoms with E-state index in [1.807, 2.05) is 0 Å². The molecule has 2 aromatic rings. The van der Waals surface area contributed by atoms with Crippen LogP contribution in [0, 0.1) is 5.82 Å². The molecule has 0 aromatic heterocycles. The van der Waals surface area contributed by atoms with Gasteiger partial charge in [0.15, 0.2) is 0 Å². The molecule has 1 aliphatic heterocycles. The van der Waals surface area contributed by atoms with Crippen LogP contribution < -0.4 is 4.31 Å². The Morgan fingerprint density at radius 2 is 1.82 bits per heavy atom. The van der Waals surface area contributed by atoms with Gasteiger partial charge in [0.1, 0.15) is 12.4 Å². The predicted molar refractivity (Wildman–Crippen MR) is 99.5 cm³/mol. The van der Waals surface area contributed by atoms with Gasteiger partial charge in [-0.3, -0.25) is 23.6 Å². The number of ketones is 1. The molecule has 9 heteroatoms. The van der Waals surface area contributed by atoms with E-state index in [9.17, 15) is 27.2 Å². The fourth-order valence-corrected chi connectivity index (χ4v) is 3.87. The van der Waals surface area contributed by atoms with Crippen LogP contribution >= 0.6 is 0 Å². The molecule has 28 heavy (non-hydrogen) atoms. The fraction of sp³-hybridized carbons (Fsp3) is 0.211. The van der Waals surface area contributed by atoms with E-state index in [1.54, 1.807) is 30.3 Å². The second kappa shape index (κ2) is 7.51. The van der Waals surface area contributed by atoms with Gasteiger partial charge in [-0.15, -0.1) is 0 Å². The molecule has 0 radical (unpaired) electrons. The topological polar surface area (TPSA) is 91.8 Å². The van der Waals surface area contributed by atoms with Crippen LogP contribution in [-0.4, -0.2) is 50.3 Å². The molecule has 2 aromatic carbocycles. The van der Waals surface area contributed by atoms with Crippen LogP contribution in [0.4, 0.5) is 10.1 Å². The normalized spacial score (nSPS) is 17.1. The number of nitrogens with zero attached hydrogens (tertiary/aromatic N) is 2. The van der Waals surface area contributed by atoms with Crippen molar-refractivity contribution in [1.82, 2.24) is 4.90 Å². The molecular weight excluding hydrogens is 387 g/mol. The highest BCUT2D eigenvalue weighted by atomic mass is 32.2. The molecule has 146 valence electrons. The van der Waals surface area contributed by atoms with E-state index in [-0.39, 0.29) is 12.2 Å². The number of imide groups is 1. The zero-order valence-corrected chi connectivity index (χ0v) is 15.7. The highest BCUT2D eigenvalue weighted by molar-refractivity contribution is 7.92. The third-order valence-corrected chi connectivity index (χ3v) is 5.56. The Hall–Kier alpha value is -3.07. The number of hydrogen-bond donors (Lipinski definition) is 0. The smallest absolute Gasteiger partial charge is 0.288 e. The molecule has 2 amide bonds. The van der Waals surface area contributed by atoms with Crippen LogP contribution in [0.1, 0.15) is 11.5 Å². The molecular formula is C19H17FN2O5S. The van der Waals surface area contributed by atoms with Crippen molar-refractivity contribution in [3.05, 3.63) is 66.0 Å². The number of hydrogen-bond acceptors (Lipinski definition) is 5. The third-order valence-electron chi connectivity index (χ3n) is 4.42. The summed E-state index contributed by atoms with van der Waals surface area (Å²) in [4.78, 5) is 38.0. The van der Waals surface area contributed by atoms with Crippen molar-refractivity contribution in [3.63, 3.8) is 0 Å². The van der Waals surface area contributed by atoms with Crippen LogP contribution in [0.5, 0.6) is 0 Å². The van der Waals surface area contributed by atoms with Crippen LogP contribution in [0.2, 0.25) is 0 Å². The average Bonchev–Trinajstić information content (AvgIpc) is 2.94. The summed E-state index contributed by atoms with van der Waals surface area (Å²) in [5.41, 5.74) is 0.551. The number of sulfonamides is 1. The molecule has 0 aliphatic carbocycles. The number of rotatable bonds is 5. The third kappa shape index (κ3) is 3.94. The predicted octanol–water partition coefficient (Wildman–Crippen LogP) is 1.31. The minimum absolute atomic E-state index is 0.0477. The van der Waals surface area contributed by atoms with Gasteiger partial charge >= 0.3 is 0 Å². The molecule has 7 nitrogen and oxygen atoms in total. The van der Waals surface area contributed by atoms with Gasteiger partial charge in [0.2, 0.25) is 21.7 Å². The lowest BCUT2D eigenvalue weighted by Crippen LogP contribution is -2.44. The highest BCUT2D eigenvalue weighted by Gasteiger charge is 2.43. The quantitative estimate of drug-likeness (QED) is 0.701. The minimum Gasteiger partial charge on any atom is -0.288 e. The monoisotopic (exact) mass is 404 g/mol. The van der Waals surface area contributed by atoms with Gasteiger partial charge in [-0.1, -0.05) is 36.4 Å². The van der Waals surface area contributed by atoms with E-state index < -0.39 is 45.9 Å². The second-order valence-corrected chi connectivity index (χ2v) is 8.29. The zero-order chi connectivity index (χ0) is 20.5. The molecule has 0 bridgehead atoms. The molecule has 1 aliphatic rings. The first-order chi connectivity index (χ1) is 13.2. The standard InChI is InChI=1S/C19H17FN2O5S/c1-28(26,27)22(15-9-5-8-14(20)10-15)12-17(23)21-11-16(18(24)19(21)25)13-6-3-2-4-7-13/h2-10,16H,11-12H2,1H3/t16-/m1/s1. The largest absolute Gasteiger partial charge is 0.297 e. The Bertz CT molecular complexity index is 1040. The van der Waals surface area contributed by atoms with Crippen molar-refractivity contribution in [2.24, 2.45) is 0 Å². The van der Waals surface area contributed by atoms with Gasteiger partial charge in [-0.05, 0) is 23.8 Å². The van der Waals surface area contributed by atoms with E-state index in [4.69, 9.17) is 0 Å². The first-order valence-electron chi connectivity index (χ1n) is 8.35. The number of carbonyl (C=O) groups excluding carboxylic acids is 3. The van der Waals surface area contributed by atoms with Crippen LogP contribution in [0.15, 0.2) is 54.6 Å². The van der Waals surface area contributed by atoms with Crippen LogP contribution in [0.25, 0.3) is 0 Å². The van der Waals surface area contributed by atoms with E-state index in [0.717, 1.165) is 23.3 Å². The first kappa shape index (κ1) is 19.7. The van der Waals surface area contributed by atoms with Crippen molar-refractivity contribution in [2.45, 2.75) is 5.92 Å². The maximum absolute atomic E-state index is 13.5. The summed E-state index contributed by atoms with van der Waals surface area (Å²) in [7, 11) is -3.93. The van der Waals surface area contributed by atoms with Crippen LogP contribution in [-0.2, 0) is 24.4 Å². The Labute approximate surface area is 161 Å².